The molecule has 0 saturated heterocycles. The maximum absolute atomic E-state index is 14.8. The maximum atomic E-state index is 14.8. The molecule has 3 nitrogen and oxygen atoms in total. The van der Waals surface area contributed by atoms with Gasteiger partial charge in [-0.3, -0.25) is 4.57 Å². The number of allylic oxidation sites excluding steroid dienone is 1. The van der Waals surface area contributed by atoms with Crippen LogP contribution in [0.5, 0.6) is 0 Å². The van der Waals surface area contributed by atoms with Crippen molar-refractivity contribution in [2.24, 2.45) is 0 Å². The minimum Gasteiger partial charge on any atom is -0.325 e. The van der Waals surface area contributed by atoms with Gasteiger partial charge in [-0.25, -0.2) is 13.8 Å². The summed E-state index contributed by atoms with van der Waals surface area (Å²) in [5.41, 5.74) is 3.51. The molecule has 0 saturated carbocycles. The van der Waals surface area contributed by atoms with E-state index < -0.39 is 11.9 Å². The van der Waals surface area contributed by atoms with Crippen LogP contribution in [0.15, 0.2) is 72.8 Å². The van der Waals surface area contributed by atoms with Crippen LogP contribution in [0.1, 0.15) is 17.2 Å². The highest BCUT2D eigenvalue weighted by molar-refractivity contribution is 6.31. The highest BCUT2D eigenvalue weighted by Gasteiger charge is 2.28. The fourth-order valence-corrected chi connectivity index (χ4v) is 3.89. The first-order valence-electron chi connectivity index (χ1n) is 8.77. The van der Waals surface area contributed by atoms with Gasteiger partial charge in [0.15, 0.2) is 0 Å². The summed E-state index contributed by atoms with van der Waals surface area (Å²) in [5, 5.41) is 3.62. The predicted molar refractivity (Wildman–Crippen MR) is 107 cm³/mol. The molecule has 138 valence electrons. The Labute approximate surface area is 164 Å². The summed E-state index contributed by atoms with van der Waals surface area (Å²) < 4.78 is 30.1. The van der Waals surface area contributed by atoms with Crippen molar-refractivity contribution in [3.8, 4) is 0 Å². The molecular weight excluding hydrogens is 380 g/mol. The van der Waals surface area contributed by atoms with Crippen molar-refractivity contribution in [3.05, 3.63) is 101 Å². The SMILES string of the molecule is Fc1ccc(C2=C[C@H](c3c(F)cccc3Cl)n3c(nc4ccccc43)N2)cc1. The molecule has 0 bridgehead atoms. The molecule has 1 aliphatic heterocycles. The second-order valence-corrected chi connectivity index (χ2v) is 6.99. The Morgan fingerprint density at radius 1 is 0.929 bits per heavy atom. The number of hydrogen-bond acceptors (Lipinski definition) is 2. The Morgan fingerprint density at radius 3 is 2.50 bits per heavy atom. The minimum atomic E-state index is -0.502. The second-order valence-electron chi connectivity index (χ2n) is 6.59. The number of aromatic nitrogens is 2. The third kappa shape index (κ3) is 2.67. The normalized spacial score (nSPS) is 15.8. The van der Waals surface area contributed by atoms with Crippen LogP contribution >= 0.6 is 11.6 Å². The first-order chi connectivity index (χ1) is 13.6. The van der Waals surface area contributed by atoms with Crippen LogP contribution in [0.3, 0.4) is 0 Å². The van der Waals surface area contributed by atoms with Crippen LogP contribution in [0.4, 0.5) is 14.7 Å². The van der Waals surface area contributed by atoms with Gasteiger partial charge in [-0.15, -0.1) is 0 Å². The van der Waals surface area contributed by atoms with E-state index in [2.05, 4.69) is 10.3 Å². The van der Waals surface area contributed by atoms with Gasteiger partial charge < -0.3 is 5.32 Å². The quantitative estimate of drug-likeness (QED) is 0.451. The number of benzene rings is 3. The first-order valence-corrected chi connectivity index (χ1v) is 9.15. The van der Waals surface area contributed by atoms with Crippen molar-refractivity contribution in [1.82, 2.24) is 9.55 Å². The zero-order valence-corrected chi connectivity index (χ0v) is 15.3. The van der Waals surface area contributed by atoms with Gasteiger partial charge in [0.1, 0.15) is 11.6 Å². The molecule has 1 N–H and O–H groups in total. The highest BCUT2D eigenvalue weighted by atomic mass is 35.5. The summed E-state index contributed by atoms with van der Waals surface area (Å²) in [6, 6.07) is 17.9. The number of anilines is 1. The first kappa shape index (κ1) is 17.0. The molecule has 0 aliphatic carbocycles. The molecule has 0 fully saturated rings. The van der Waals surface area contributed by atoms with Gasteiger partial charge in [-0.1, -0.05) is 29.8 Å². The largest absolute Gasteiger partial charge is 0.325 e. The van der Waals surface area contributed by atoms with Gasteiger partial charge in [-0.05, 0) is 60.2 Å². The molecule has 1 aromatic heterocycles. The number of halogens is 3. The molecule has 2 heterocycles. The predicted octanol–water partition coefficient (Wildman–Crippen LogP) is 6.02. The Morgan fingerprint density at radius 2 is 1.71 bits per heavy atom. The number of fused-ring (bicyclic) bond motifs is 3. The monoisotopic (exact) mass is 393 g/mol. The van der Waals surface area contributed by atoms with E-state index in [1.54, 1.807) is 24.3 Å². The average molecular weight is 394 g/mol. The lowest BCUT2D eigenvalue weighted by Crippen LogP contribution is -2.20. The number of imidazole rings is 1. The molecule has 5 rings (SSSR count). The van der Waals surface area contributed by atoms with E-state index in [1.165, 1.54) is 18.2 Å². The molecule has 6 heteroatoms. The lowest BCUT2D eigenvalue weighted by molar-refractivity contribution is 0.584. The van der Waals surface area contributed by atoms with Crippen molar-refractivity contribution in [2.75, 3.05) is 5.32 Å². The van der Waals surface area contributed by atoms with E-state index in [9.17, 15) is 8.78 Å². The van der Waals surface area contributed by atoms with Crippen LogP contribution in [0, 0.1) is 11.6 Å². The van der Waals surface area contributed by atoms with Crippen molar-refractivity contribution >= 4 is 34.3 Å². The molecule has 4 aromatic rings. The number of rotatable bonds is 2. The summed E-state index contributed by atoms with van der Waals surface area (Å²) >= 11 is 6.39. The third-order valence-corrected chi connectivity index (χ3v) is 5.23. The lowest BCUT2D eigenvalue weighted by Gasteiger charge is -2.27. The van der Waals surface area contributed by atoms with Gasteiger partial charge in [0.2, 0.25) is 5.95 Å². The summed E-state index contributed by atoms with van der Waals surface area (Å²) in [6.07, 6.45) is 1.89. The molecule has 0 spiro atoms. The van der Waals surface area contributed by atoms with Crippen molar-refractivity contribution in [1.29, 1.82) is 0 Å². The van der Waals surface area contributed by atoms with E-state index in [0.29, 0.717) is 22.2 Å². The van der Waals surface area contributed by atoms with E-state index in [1.807, 2.05) is 34.9 Å². The number of nitrogens with one attached hydrogen (secondary N) is 1. The van der Waals surface area contributed by atoms with Crippen molar-refractivity contribution in [3.63, 3.8) is 0 Å². The van der Waals surface area contributed by atoms with E-state index in [0.717, 1.165) is 16.6 Å². The standard InChI is InChI=1S/C22H14ClF2N3/c23-15-4-3-5-16(25)21(15)20-12-18(13-8-10-14(24)11-9-13)27-22-26-17-6-1-2-7-19(17)28(20)22/h1-12,20H,(H,26,27)/t20-/m1/s1. The summed E-state index contributed by atoms with van der Waals surface area (Å²) in [4.78, 5) is 4.65. The van der Waals surface area contributed by atoms with E-state index in [-0.39, 0.29) is 5.82 Å². The number of nitrogens with zero attached hydrogens (tertiary/aromatic N) is 2. The summed E-state index contributed by atoms with van der Waals surface area (Å²) in [7, 11) is 0. The second kappa shape index (κ2) is 6.46. The average Bonchev–Trinajstić information content (AvgIpc) is 3.07. The van der Waals surface area contributed by atoms with E-state index >= 15 is 0 Å². The Bertz CT molecular complexity index is 1210. The molecule has 3 aromatic carbocycles. The number of hydrogen-bond donors (Lipinski definition) is 1. The van der Waals surface area contributed by atoms with Crippen molar-refractivity contribution in [2.45, 2.75) is 6.04 Å². The van der Waals surface area contributed by atoms with Gasteiger partial charge in [0.25, 0.3) is 0 Å². The number of para-hydroxylation sites is 2. The molecule has 1 atom stereocenters. The molecule has 0 unspecified atom stereocenters. The van der Waals surface area contributed by atoms with Crippen LogP contribution in [-0.4, -0.2) is 9.55 Å². The molecule has 28 heavy (non-hydrogen) atoms. The van der Waals surface area contributed by atoms with Crippen molar-refractivity contribution < 1.29 is 8.78 Å². The molecule has 1 aliphatic rings. The molecule has 0 radical (unpaired) electrons. The third-order valence-electron chi connectivity index (χ3n) is 4.90. The highest BCUT2D eigenvalue weighted by Crippen LogP contribution is 2.39. The minimum absolute atomic E-state index is 0.318. The summed E-state index contributed by atoms with van der Waals surface area (Å²) in [5.74, 6) is -0.133. The molecule has 0 amide bonds. The van der Waals surface area contributed by atoms with Crippen LogP contribution in [0.25, 0.3) is 16.7 Å². The van der Waals surface area contributed by atoms with Crippen LogP contribution < -0.4 is 5.32 Å². The molecular formula is C22H14ClF2N3. The van der Waals surface area contributed by atoms with Gasteiger partial charge in [-0.2, -0.15) is 0 Å². The van der Waals surface area contributed by atoms with Crippen LogP contribution in [-0.2, 0) is 0 Å². The van der Waals surface area contributed by atoms with Gasteiger partial charge in [0.05, 0.1) is 17.1 Å². The fourth-order valence-electron chi connectivity index (χ4n) is 3.61. The Balaban J connectivity index is 1.77. The van der Waals surface area contributed by atoms with E-state index in [4.69, 9.17) is 11.6 Å². The topological polar surface area (TPSA) is 29.9 Å². The zero-order valence-electron chi connectivity index (χ0n) is 14.5. The van der Waals surface area contributed by atoms with Gasteiger partial charge >= 0.3 is 0 Å². The Hall–Kier alpha value is -3.18. The Kier molecular flexibility index (Phi) is 3.91. The smallest absolute Gasteiger partial charge is 0.209 e. The fraction of sp³-hybridized carbons (Fsp3) is 0.0455. The summed E-state index contributed by atoms with van der Waals surface area (Å²) in [6.45, 7) is 0. The lowest BCUT2D eigenvalue weighted by atomic mass is 10.0. The van der Waals surface area contributed by atoms with Gasteiger partial charge in [0, 0.05) is 16.3 Å². The zero-order chi connectivity index (χ0) is 19.3. The maximum Gasteiger partial charge on any atom is 0.209 e. The van der Waals surface area contributed by atoms with Crippen LogP contribution in [0.2, 0.25) is 5.02 Å².